The first-order valence-electron chi connectivity index (χ1n) is 6.99. The van der Waals surface area contributed by atoms with Crippen LogP contribution in [0.1, 0.15) is 49.4 Å². The highest BCUT2D eigenvalue weighted by Crippen LogP contribution is 2.32. The van der Waals surface area contributed by atoms with E-state index in [0.717, 1.165) is 12.8 Å². The average molecular weight is 262 g/mol. The maximum absolute atomic E-state index is 12.2. The van der Waals surface area contributed by atoms with Crippen LogP contribution in [0.15, 0.2) is 24.5 Å². The second-order valence-corrected chi connectivity index (χ2v) is 5.61. The van der Waals surface area contributed by atoms with Gasteiger partial charge in [0.25, 0.3) is 5.91 Å². The Morgan fingerprint density at radius 3 is 2.79 bits per heavy atom. The van der Waals surface area contributed by atoms with E-state index in [0.29, 0.717) is 11.5 Å². The number of pyridine rings is 1. The Morgan fingerprint density at radius 2 is 2.21 bits per heavy atom. The number of rotatable bonds is 4. The van der Waals surface area contributed by atoms with E-state index >= 15 is 0 Å². The van der Waals surface area contributed by atoms with E-state index in [4.69, 9.17) is 0 Å². The van der Waals surface area contributed by atoms with Gasteiger partial charge in [0.2, 0.25) is 0 Å². The van der Waals surface area contributed by atoms with Crippen molar-refractivity contribution in [3.8, 4) is 0 Å². The number of hydrogen-bond donors (Lipinski definition) is 2. The minimum atomic E-state index is -0.534. The third-order valence-electron chi connectivity index (χ3n) is 4.16. The Bertz CT molecular complexity index is 415. The molecule has 1 aromatic rings. The average Bonchev–Trinajstić information content (AvgIpc) is 2.49. The molecule has 0 bridgehead atoms. The van der Waals surface area contributed by atoms with Crippen LogP contribution >= 0.6 is 0 Å². The number of amides is 1. The smallest absolute Gasteiger partial charge is 0.253 e. The number of carbonyl (C=O) groups excluding carboxylic acids is 1. The highest BCUT2D eigenvalue weighted by Gasteiger charge is 2.35. The third kappa shape index (κ3) is 3.32. The lowest BCUT2D eigenvalue weighted by molar-refractivity contribution is 0.0679. The number of aromatic nitrogens is 1. The van der Waals surface area contributed by atoms with Crippen LogP contribution in [0, 0.1) is 5.92 Å². The van der Waals surface area contributed by atoms with Crippen molar-refractivity contribution < 1.29 is 9.90 Å². The van der Waals surface area contributed by atoms with Gasteiger partial charge in [-0.15, -0.1) is 0 Å². The molecule has 1 atom stereocenters. The molecule has 0 aliphatic heterocycles. The zero-order chi connectivity index (χ0) is 13.7. The molecular weight excluding hydrogens is 240 g/mol. The lowest BCUT2D eigenvalue weighted by Gasteiger charge is -2.39. The van der Waals surface area contributed by atoms with Gasteiger partial charge < -0.3 is 10.4 Å². The Labute approximate surface area is 114 Å². The molecule has 1 heterocycles. The molecule has 104 valence electrons. The van der Waals surface area contributed by atoms with E-state index in [1.807, 2.05) is 6.92 Å². The molecule has 4 heteroatoms. The Kier molecular flexibility index (Phi) is 4.53. The molecule has 1 unspecified atom stereocenters. The molecule has 1 fully saturated rings. The second-order valence-electron chi connectivity index (χ2n) is 5.61. The van der Waals surface area contributed by atoms with Crippen LogP contribution in [-0.4, -0.2) is 28.1 Å². The van der Waals surface area contributed by atoms with Gasteiger partial charge in [-0.25, -0.2) is 0 Å². The van der Waals surface area contributed by atoms with Gasteiger partial charge in [0.1, 0.15) is 0 Å². The molecule has 1 aliphatic rings. The fourth-order valence-electron chi connectivity index (χ4n) is 2.84. The van der Waals surface area contributed by atoms with Gasteiger partial charge in [-0.1, -0.05) is 19.3 Å². The van der Waals surface area contributed by atoms with Crippen LogP contribution in [0.25, 0.3) is 0 Å². The molecular formula is C15H22N2O2. The first-order valence-corrected chi connectivity index (χ1v) is 6.99. The van der Waals surface area contributed by atoms with Crippen molar-refractivity contribution in [3.05, 3.63) is 30.1 Å². The number of aliphatic hydroxyl groups is 1. The summed E-state index contributed by atoms with van der Waals surface area (Å²) in [5.74, 6) is 0.196. The van der Waals surface area contributed by atoms with Crippen LogP contribution < -0.4 is 5.32 Å². The van der Waals surface area contributed by atoms with E-state index in [-0.39, 0.29) is 12.5 Å². The van der Waals surface area contributed by atoms with Crippen molar-refractivity contribution in [3.63, 3.8) is 0 Å². The molecule has 0 radical (unpaired) electrons. The molecule has 0 spiro atoms. The maximum atomic E-state index is 12.2. The van der Waals surface area contributed by atoms with Gasteiger partial charge >= 0.3 is 0 Å². The van der Waals surface area contributed by atoms with Crippen molar-refractivity contribution >= 4 is 5.91 Å². The standard InChI is InChI=1S/C15H22N2O2/c1-15(11-18,13-7-3-2-4-8-13)17-14(19)12-6-5-9-16-10-12/h5-6,9-10,13,18H,2-4,7-8,11H2,1H3,(H,17,19). The van der Waals surface area contributed by atoms with Crippen molar-refractivity contribution in [1.29, 1.82) is 0 Å². The van der Waals surface area contributed by atoms with Crippen LogP contribution in [0.3, 0.4) is 0 Å². The molecule has 0 aromatic carbocycles. The SMILES string of the molecule is CC(CO)(NC(=O)c1cccnc1)C1CCCCC1. The number of carbonyl (C=O) groups is 1. The molecule has 1 amide bonds. The molecule has 4 nitrogen and oxygen atoms in total. The number of hydrogen-bond acceptors (Lipinski definition) is 3. The molecule has 1 aromatic heterocycles. The van der Waals surface area contributed by atoms with Gasteiger partial charge in [-0.2, -0.15) is 0 Å². The Morgan fingerprint density at radius 1 is 1.47 bits per heavy atom. The van der Waals surface area contributed by atoms with Crippen LogP contribution in [0.2, 0.25) is 0 Å². The maximum Gasteiger partial charge on any atom is 0.253 e. The zero-order valence-electron chi connectivity index (χ0n) is 11.4. The van der Waals surface area contributed by atoms with Gasteiger partial charge in [0, 0.05) is 12.4 Å². The predicted molar refractivity (Wildman–Crippen MR) is 73.8 cm³/mol. The molecule has 0 saturated heterocycles. The summed E-state index contributed by atoms with van der Waals surface area (Å²) in [7, 11) is 0. The molecule has 2 rings (SSSR count). The minimum Gasteiger partial charge on any atom is -0.394 e. The summed E-state index contributed by atoms with van der Waals surface area (Å²) >= 11 is 0. The molecule has 1 saturated carbocycles. The Hall–Kier alpha value is -1.42. The fourth-order valence-corrected chi connectivity index (χ4v) is 2.84. The van der Waals surface area contributed by atoms with Crippen molar-refractivity contribution in [1.82, 2.24) is 10.3 Å². The quantitative estimate of drug-likeness (QED) is 0.874. The topological polar surface area (TPSA) is 62.2 Å². The van der Waals surface area contributed by atoms with Crippen molar-refractivity contribution in [2.45, 2.75) is 44.6 Å². The summed E-state index contributed by atoms with van der Waals surface area (Å²) in [5, 5.41) is 12.7. The fraction of sp³-hybridized carbons (Fsp3) is 0.600. The van der Waals surface area contributed by atoms with E-state index in [2.05, 4.69) is 10.3 Å². The van der Waals surface area contributed by atoms with Crippen LogP contribution in [-0.2, 0) is 0 Å². The first-order chi connectivity index (χ1) is 9.15. The van der Waals surface area contributed by atoms with Gasteiger partial charge in [-0.05, 0) is 37.8 Å². The highest BCUT2D eigenvalue weighted by molar-refractivity contribution is 5.94. The molecule has 1 aliphatic carbocycles. The van der Waals surface area contributed by atoms with E-state index < -0.39 is 5.54 Å². The number of nitrogens with one attached hydrogen (secondary N) is 1. The van der Waals surface area contributed by atoms with E-state index in [1.165, 1.54) is 19.3 Å². The predicted octanol–water partition coefficient (Wildman–Crippen LogP) is 2.14. The lowest BCUT2D eigenvalue weighted by Crippen LogP contribution is -2.54. The third-order valence-corrected chi connectivity index (χ3v) is 4.16. The number of nitrogens with zero attached hydrogens (tertiary/aromatic N) is 1. The normalized spacial score (nSPS) is 19.7. The second kappa shape index (κ2) is 6.15. The van der Waals surface area contributed by atoms with Crippen molar-refractivity contribution in [2.75, 3.05) is 6.61 Å². The largest absolute Gasteiger partial charge is 0.394 e. The lowest BCUT2D eigenvalue weighted by atomic mass is 9.76. The van der Waals surface area contributed by atoms with Gasteiger partial charge in [0.15, 0.2) is 0 Å². The summed E-state index contributed by atoms with van der Waals surface area (Å²) in [4.78, 5) is 16.2. The number of aliphatic hydroxyl groups excluding tert-OH is 1. The summed E-state index contributed by atoms with van der Waals surface area (Å²) in [6.07, 6.45) is 8.96. The molecule has 2 N–H and O–H groups in total. The summed E-state index contributed by atoms with van der Waals surface area (Å²) in [6, 6.07) is 3.48. The summed E-state index contributed by atoms with van der Waals surface area (Å²) in [6.45, 7) is 1.92. The van der Waals surface area contributed by atoms with Gasteiger partial charge in [-0.3, -0.25) is 9.78 Å². The minimum absolute atomic E-state index is 0.0241. The zero-order valence-corrected chi connectivity index (χ0v) is 11.4. The van der Waals surface area contributed by atoms with E-state index in [1.54, 1.807) is 24.5 Å². The molecule has 19 heavy (non-hydrogen) atoms. The Balaban J connectivity index is 2.07. The highest BCUT2D eigenvalue weighted by atomic mass is 16.3. The summed E-state index contributed by atoms with van der Waals surface area (Å²) < 4.78 is 0. The van der Waals surface area contributed by atoms with Gasteiger partial charge in [0.05, 0.1) is 17.7 Å². The first kappa shape index (κ1) is 14.0. The van der Waals surface area contributed by atoms with Crippen LogP contribution in [0.5, 0.6) is 0 Å². The van der Waals surface area contributed by atoms with Crippen LogP contribution in [0.4, 0.5) is 0 Å². The van der Waals surface area contributed by atoms with Crippen molar-refractivity contribution in [2.24, 2.45) is 5.92 Å². The monoisotopic (exact) mass is 262 g/mol. The van der Waals surface area contributed by atoms with E-state index in [9.17, 15) is 9.90 Å². The summed E-state index contributed by atoms with van der Waals surface area (Å²) in [5.41, 5.74) is 0.00542.